The molecule has 0 spiro atoms. The quantitative estimate of drug-likeness (QED) is 0.619. The molecule has 3 nitrogen and oxygen atoms in total. The van der Waals surface area contributed by atoms with Crippen LogP contribution in [0, 0.1) is 0 Å². The lowest BCUT2D eigenvalue weighted by Gasteiger charge is -2.24. The molecular formula is C15H22N2O. The molecule has 1 aromatic rings. The Labute approximate surface area is 109 Å². The number of benzene rings is 1. The van der Waals surface area contributed by atoms with Gasteiger partial charge in [0.15, 0.2) is 0 Å². The molecule has 98 valence electrons. The average Bonchev–Trinajstić information content (AvgIpc) is 2.37. The molecule has 1 unspecified atom stereocenters. The molecule has 3 heteroatoms. The molecule has 1 aromatic carbocycles. The van der Waals surface area contributed by atoms with E-state index < -0.39 is 0 Å². The Kier molecular flexibility index (Phi) is 5.43. The van der Waals surface area contributed by atoms with E-state index in [0.717, 1.165) is 18.5 Å². The summed E-state index contributed by atoms with van der Waals surface area (Å²) >= 11 is 0. The third-order valence-electron chi connectivity index (χ3n) is 2.94. The molecule has 0 bridgehead atoms. The maximum absolute atomic E-state index is 12.4. The van der Waals surface area contributed by atoms with Gasteiger partial charge < -0.3 is 10.6 Å². The standard InChI is InChI=1S/C15H22N2O/c1-4-9-17(10-5-2)15(18)12(3)13-7-6-8-14(16)11-13/h4,6-8,11-12H,1,5,9-10,16H2,2-3H3. The SMILES string of the molecule is C=CCN(CCC)C(=O)C(C)c1cccc(N)c1. The highest BCUT2D eigenvalue weighted by Crippen LogP contribution is 2.20. The molecule has 0 aliphatic heterocycles. The Bertz CT molecular complexity index is 415. The summed E-state index contributed by atoms with van der Waals surface area (Å²) in [7, 11) is 0. The van der Waals surface area contributed by atoms with Crippen molar-refractivity contribution in [2.24, 2.45) is 0 Å². The largest absolute Gasteiger partial charge is 0.399 e. The van der Waals surface area contributed by atoms with Crippen LogP contribution in [0.5, 0.6) is 0 Å². The second kappa shape index (κ2) is 6.84. The topological polar surface area (TPSA) is 46.3 Å². The molecule has 0 aliphatic carbocycles. The van der Waals surface area contributed by atoms with Crippen LogP contribution in [0.1, 0.15) is 31.7 Å². The number of rotatable bonds is 6. The lowest BCUT2D eigenvalue weighted by atomic mass is 9.99. The molecule has 1 amide bonds. The molecule has 0 heterocycles. The van der Waals surface area contributed by atoms with E-state index in [0.29, 0.717) is 12.2 Å². The van der Waals surface area contributed by atoms with Gasteiger partial charge in [-0.15, -0.1) is 6.58 Å². The first-order valence-electron chi connectivity index (χ1n) is 6.35. The van der Waals surface area contributed by atoms with Crippen LogP contribution < -0.4 is 5.73 Å². The number of carbonyl (C=O) groups excluding carboxylic acids is 1. The van der Waals surface area contributed by atoms with Crippen molar-refractivity contribution in [2.75, 3.05) is 18.8 Å². The summed E-state index contributed by atoms with van der Waals surface area (Å²) in [6.07, 6.45) is 2.71. The van der Waals surface area contributed by atoms with Gasteiger partial charge in [-0.3, -0.25) is 4.79 Å². The van der Waals surface area contributed by atoms with Gasteiger partial charge in [-0.2, -0.15) is 0 Å². The normalized spacial score (nSPS) is 11.9. The van der Waals surface area contributed by atoms with Crippen molar-refractivity contribution in [2.45, 2.75) is 26.2 Å². The fraction of sp³-hybridized carbons (Fsp3) is 0.400. The van der Waals surface area contributed by atoms with E-state index >= 15 is 0 Å². The lowest BCUT2D eigenvalue weighted by molar-refractivity contribution is -0.131. The number of nitrogens with two attached hydrogens (primary N) is 1. The van der Waals surface area contributed by atoms with E-state index in [1.54, 1.807) is 6.08 Å². The molecular weight excluding hydrogens is 224 g/mol. The average molecular weight is 246 g/mol. The zero-order valence-corrected chi connectivity index (χ0v) is 11.2. The van der Waals surface area contributed by atoms with E-state index in [-0.39, 0.29) is 11.8 Å². The molecule has 0 saturated heterocycles. The molecule has 0 aromatic heterocycles. The van der Waals surface area contributed by atoms with Crippen LogP contribution in [0.15, 0.2) is 36.9 Å². The third-order valence-corrected chi connectivity index (χ3v) is 2.94. The molecule has 18 heavy (non-hydrogen) atoms. The predicted molar refractivity (Wildman–Crippen MR) is 76.3 cm³/mol. The molecule has 0 radical (unpaired) electrons. The van der Waals surface area contributed by atoms with Crippen LogP contribution in [0.25, 0.3) is 0 Å². The van der Waals surface area contributed by atoms with E-state index in [1.807, 2.05) is 36.1 Å². The van der Waals surface area contributed by atoms with Gasteiger partial charge in [-0.05, 0) is 31.0 Å². The minimum atomic E-state index is -0.167. The minimum Gasteiger partial charge on any atom is -0.399 e. The van der Waals surface area contributed by atoms with Gasteiger partial charge in [-0.25, -0.2) is 0 Å². The van der Waals surface area contributed by atoms with E-state index in [2.05, 4.69) is 13.5 Å². The predicted octanol–water partition coefficient (Wildman–Crippen LogP) is 2.80. The Morgan fingerprint density at radius 1 is 1.56 bits per heavy atom. The van der Waals surface area contributed by atoms with Crippen LogP contribution in [-0.2, 0) is 4.79 Å². The van der Waals surface area contributed by atoms with Gasteiger partial charge in [0.1, 0.15) is 0 Å². The second-order valence-corrected chi connectivity index (χ2v) is 4.46. The van der Waals surface area contributed by atoms with Crippen molar-refractivity contribution in [1.82, 2.24) is 4.90 Å². The van der Waals surface area contributed by atoms with Crippen LogP contribution in [0.2, 0.25) is 0 Å². The van der Waals surface area contributed by atoms with E-state index in [4.69, 9.17) is 5.73 Å². The minimum absolute atomic E-state index is 0.127. The summed E-state index contributed by atoms with van der Waals surface area (Å²) in [4.78, 5) is 14.2. The first kappa shape index (κ1) is 14.3. The summed E-state index contributed by atoms with van der Waals surface area (Å²) in [5.41, 5.74) is 7.40. The number of hydrogen-bond acceptors (Lipinski definition) is 2. The second-order valence-electron chi connectivity index (χ2n) is 4.46. The van der Waals surface area contributed by atoms with Crippen LogP contribution in [-0.4, -0.2) is 23.9 Å². The molecule has 2 N–H and O–H groups in total. The molecule has 0 aliphatic rings. The monoisotopic (exact) mass is 246 g/mol. The lowest BCUT2D eigenvalue weighted by Crippen LogP contribution is -2.35. The van der Waals surface area contributed by atoms with Crippen molar-refractivity contribution in [3.05, 3.63) is 42.5 Å². The highest BCUT2D eigenvalue weighted by molar-refractivity contribution is 5.83. The molecule has 0 saturated carbocycles. The number of nitrogen functional groups attached to an aromatic ring is 1. The zero-order chi connectivity index (χ0) is 13.5. The third kappa shape index (κ3) is 3.62. The van der Waals surface area contributed by atoms with Gasteiger partial charge >= 0.3 is 0 Å². The fourth-order valence-electron chi connectivity index (χ4n) is 1.96. The van der Waals surface area contributed by atoms with Crippen molar-refractivity contribution >= 4 is 11.6 Å². The number of nitrogens with zero attached hydrogens (tertiary/aromatic N) is 1. The highest BCUT2D eigenvalue weighted by atomic mass is 16.2. The van der Waals surface area contributed by atoms with Crippen molar-refractivity contribution in [1.29, 1.82) is 0 Å². The highest BCUT2D eigenvalue weighted by Gasteiger charge is 2.20. The van der Waals surface area contributed by atoms with Gasteiger partial charge in [0.25, 0.3) is 0 Å². The van der Waals surface area contributed by atoms with Crippen molar-refractivity contribution in [3.63, 3.8) is 0 Å². The fourth-order valence-corrected chi connectivity index (χ4v) is 1.96. The Morgan fingerprint density at radius 3 is 2.83 bits per heavy atom. The van der Waals surface area contributed by atoms with Gasteiger partial charge in [-0.1, -0.05) is 25.1 Å². The van der Waals surface area contributed by atoms with Crippen LogP contribution >= 0.6 is 0 Å². The zero-order valence-electron chi connectivity index (χ0n) is 11.2. The Hall–Kier alpha value is -1.77. The number of hydrogen-bond donors (Lipinski definition) is 1. The summed E-state index contributed by atoms with van der Waals surface area (Å²) in [5, 5.41) is 0. The molecule has 1 atom stereocenters. The number of anilines is 1. The number of carbonyl (C=O) groups is 1. The summed E-state index contributed by atoms with van der Waals surface area (Å²) < 4.78 is 0. The Balaban J connectivity index is 2.84. The van der Waals surface area contributed by atoms with Crippen LogP contribution in [0.3, 0.4) is 0 Å². The first-order chi connectivity index (χ1) is 8.60. The van der Waals surface area contributed by atoms with Gasteiger partial charge in [0, 0.05) is 18.8 Å². The first-order valence-corrected chi connectivity index (χ1v) is 6.35. The number of amides is 1. The smallest absolute Gasteiger partial charge is 0.230 e. The van der Waals surface area contributed by atoms with Crippen molar-refractivity contribution < 1.29 is 4.79 Å². The molecule has 0 fully saturated rings. The van der Waals surface area contributed by atoms with Crippen molar-refractivity contribution in [3.8, 4) is 0 Å². The van der Waals surface area contributed by atoms with Gasteiger partial charge in [0.05, 0.1) is 5.92 Å². The maximum Gasteiger partial charge on any atom is 0.230 e. The van der Waals surface area contributed by atoms with E-state index in [9.17, 15) is 4.79 Å². The summed E-state index contributed by atoms with van der Waals surface area (Å²) in [6, 6.07) is 7.51. The molecule has 1 rings (SSSR count). The maximum atomic E-state index is 12.4. The van der Waals surface area contributed by atoms with Crippen LogP contribution in [0.4, 0.5) is 5.69 Å². The summed E-state index contributed by atoms with van der Waals surface area (Å²) in [5.74, 6) is -0.0395. The summed E-state index contributed by atoms with van der Waals surface area (Å²) in [6.45, 7) is 9.04. The van der Waals surface area contributed by atoms with E-state index in [1.165, 1.54) is 0 Å². The Morgan fingerprint density at radius 2 is 2.28 bits per heavy atom. The van der Waals surface area contributed by atoms with Gasteiger partial charge in [0.2, 0.25) is 5.91 Å².